The van der Waals surface area contributed by atoms with E-state index in [4.69, 9.17) is 4.74 Å². The van der Waals surface area contributed by atoms with Crippen molar-refractivity contribution in [3.63, 3.8) is 0 Å². The van der Waals surface area contributed by atoms with Gasteiger partial charge in [0, 0.05) is 12.0 Å². The lowest BCUT2D eigenvalue weighted by Crippen LogP contribution is -2.51. The molecule has 0 radical (unpaired) electrons. The fraction of sp³-hybridized carbons (Fsp3) is 0.844. The number of hydrogen-bond donors (Lipinski definition) is 0. The second-order valence-corrected chi connectivity index (χ2v) is 13.5. The first-order valence-corrected chi connectivity index (χ1v) is 14.6. The van der Waals surface area contributed by atoms with Gasteiger partial charge in [-0.3, -0.25) is 0 Å². The first-order valence-electron chi connectivity index (χ1n) is 14.6. The number of carbonyl (C=O) groups excluding carboxylic acids is 1. The SMILES string of the molecule is C/C=C(\C)C(=O)O[C@H]1CC[C@@]2(C)C(=CC[C@@H]3[C@H]4CC[C@@H]([C@@H](C)CCCC(C)C)[C@]4(C)CC[C@H]32)C1. The van der Waals surface area contributed by atoms with Gasteiger partial charge in [0.2, 0.25) is 0 Å². The Balaban J connectivity index is 1.44. The van der Waals surface area contributed by atoms with Crippen molar-refractivity contribution in [2.45, 2.75) is 125 Å². The quantitative estimate of drug-likeness (QED) is 0.212. The Morgan fingerprint density at radius 3 is 2.56 bits per heavy atom. The molecule has 0 heterocycles. The van der Waals surface area contributed by atoms with E-state index in [0.717, 1.165) is 53.9 Å². The van der Waals surface area contributed by atoms with Crippen LogP contribution in [0.4, 0.5) is 0 Å². The van der Waals surface area contributed by atoms with Gasteiger partial charge < -0.3 is 4.74 Å². The van der Waals surface area contributed by atoms with Crippen molar-refractivity contribution in [1.82, 2.24) is 0 Å². The molecule has 0 spiro atoms. The molecule has 0 aliphatic heterocycles. The average molecular weight is 469 g/mol. The van der Waals surface area contributed by atoms with Crippen molar-refractivity contribution in [3.05, 3.63) is 23.3 Å². The van der Waals surface area contributed by atoms with E-state index in [2.05, 4.69) is 40.7 Å². The lowest BCUT2D eigenvalue weighted by molar-refractivity contribution is -0.146. The number of ether oxygens (including phenoxy) is 1. The van der Waals surface area contributed by atoms with Crippen LogP contribution in [-0.2, 0) is 9.53 Å². The van der Waals surface area contributed by atoms with E-state index in [1.54, 1.807) is 5.57 Å². The van der Waals surface area contributed by atoms with Crippen LogP contribution in [0.5, 0.6) is 0 Å². The normalized spacial score (nSPS) is 40.8. The number of hydrogen-bond acceptors (Lipinski definition) is 2. The first kappa shape index (κ1) is 26.0. The van der Waals surface area contributed by atoms with Crippen molar-refractivity contribution in [3.8, 4) is 0 Å². The Hall–Kier alpha value is -1.05. The maximum atomic E-state index is 12.3. The molecule has 2 nitrogen and oxygen atoms in total. The zero-order valence-corrected chi connectivity index (χ0v) is 23.3. The third kappa shape index (κ3) is 4.69. The minimum absolute atomic E-state index is 0.0645. The van der Waals surface area contributed by atoms with E-state index < -0.39 is 0 Å². The van der Waals surface area contributed by atoms with Gasteiger partial charge in [0.05, 0.1) is 0 Å². The van der Waals surface area contributed by atoms with Gasteiger partial charge in [-0.25, -0.2) is 4.79 Å². The van der Waals surface area contributed by atoms with Crippen LogP contribution >= 0.6 is 0 Å². The van der Waals surface area contributed by atoms with Crippen molar-refractivity contribution >= 4 is 5.97 Å². The summed E-state index contributed by atoms with van der Waals surface area (Å²) in [7, 11) is 0. The second kappa shape index (κ2) is 10.1. The molecule has 0 unspecified atom stereocenters. The van der Waals surface area contributed by atoms with E-state index >= 15 is 0 Å². The van der Waals surface area contributed by atoms with Gasteiger partial charge >= 0.3 is 5.97 Å². The average Bonchev–Trinajstić information content (AvgIpc) is 3.15. The first-order chi connectivity index (χ1) is 16.1. The van der Waals surface area contributed by atoms with Gasteiger partial charge in [0.25, 0.3) is 0 Å². The van der Waals surface area contributed by atoms with Gasteiger partial charge in [-0.15, -0.1) is 0 Å². The highest BCUT2D eigenvalue weighted by Crippen LogP contribution is 2.67. The monoisotopic (exact) mass is 468 g/mol. The fourth-order valence-electron chi connectivity index (χ4n) is 9.11. The summed E-state index contributed by atoms with van der Waals surface area (Å²) < 4.78 is 5.90. The zero-order chi connectivity index (χ0) is 24.7. The molecular formula is C32H52O2. The number of fused-ring (bicyclic) bond motifs is 5. The Labute approximate surface area is 210 Å². The Kier molecular flexibility index (Phi) is 7.76. The second-order valence-electron chi connectivity index (χ2n) is 13.5. The van der Waals surface area contributed by atoms with Crippen LogP contribution < -0.4 is 0 Å². The molecule has 8 atom stereocenters. The van der Waals surface area contributed by atoms with Crippen LogP contribution in [0.25, 0.3) is 0 Å². The van der Waals surface area contributed by atoms with Gasteiger partial charge in [0.1, 0.15) is 6.10 Å². The number of allylic oxidation sites excluding steroid dienone is 2. The number of rotatable bonds is 7. The van der Waals surface area contributed by atoms with Crippen molar-refractivity contribution < 1.29 is 9.53 Å². The highest BCUT2D eigenvalue weighted by Gasteiger charge is 2.59. The Morgan fingerprint density at radius 1 is 1.09 bits per heavy atom. The van der Waals surface area contributed by atoms with Gasteiger partial charge in [-0.05, 0) is 105 Å². The van der Waals surface area contributed by atoms with Gasteiger partial charge in [-0.1, -0.05) is 71.6 Å². The molecule has 0 aromatic heterocycles. The largest absolute Gasteiger partial charge is 0.459 e. The predicted octanol–water partition coefficient (Wildman–Crippen LogP) is 8.91. The molecule has 0 amide bonds. The zero-order valence-electron chi connectivity index (χ0n) is 23.3. The van der Waals surface area contributed by atoms with Gasteiger partial charge in [0.15, 0.2) is 0 Å². The molecule has 0 N–H and O–H groups in total. The van der Waals surface area contributed by atoms with Crippen molar-refractivity contribution in [2.75, 3.05) is 0 Å². The van der Waals surface area contributed by atoms with Crippen LogP contribution in [0.3, 0.4) is 0 Å². The maximum Gasteiger partial charge on any atom is 0.333 e. The number of esters is 1. The number of carbonyl (C=O) groups is 1. The van der Waals surface area contributed by atoms with E-state index in [1.165, 1.54) is 57.8 Å². The summed E-state index contributed by atoms with van der Waals surface area (Å²) in [4.78, 5) is 12.3. The summed E-state index contributed by atoms with van der Waals surface area (Å²) in [5, 5.41) is 0. The molecular weight excluding hydrogens is 416 g/mol. The minimum atomic E-state index is -0.127. The highest BCUT2D eigenvalue weighted by atomic mass is 16.5. The summed E-state index contributed by atoms with van der Waals surface area (Å²) in [6.45, 7) is 16.3. The van der Waals surface area contributed by atoms with Gasteiger partial charge in [-0.2, -0.15) is 0 Å². The third-order valence-corrected chi connectivity index (χ3v) is 11.3. The topological polar surface area (TPSA) is 26.3 Å². The van der Waals surface area contributed by atoms with Crippen LogP contribution in [0, 0.1) is 46.3 Å². The lowest BCUT2D eigenvalue weighted by atomic mass is 9.47. The minimum Gasteiger partial charge on any atom is -0.459 e. The molecule has 0 aromatic rings. The summed E-state index contributed by atoms with van der Waals surface area (Å²) in [5.41, 5.74) is 3.21. The van der Waals surface area contributed by atoms with Crippen molar-refractivity contribution in [2.24, 2.45) is 46.3 Å². The molecule has 2 heteroatoms. The summed E-state index contributed by atoms with van der Waals surface area (Å²) in [5.74, 6) is 5.11. The molecule has 192 valence electrons. The Morgan fingerprint density at radius 2 is 1.85 bits per heavy atom. The molecule has 34 heavy (non-hydrogen) atoms. The van der Waals surface area contributed by atoms with E-state index in [9.17, 15) is 4.79 Å². The predicted molar refractivity (Wildman–Crippen MR) is 142 cm³/mol. The highest BCUT2D eigenvalue weighted by molar-refractivity contribution is 5.87. The third-order valence-electron chi connectivity index (χ3n) is 11.3. The van der Waals surface area contributed by atoms with Crippen LogP contribution in [0.1, 0.15) is 119 Å². The molecule has 4 aliphatic carbocycles. The van der Waals surface area contributed by atoms with Crippen LogP contribution in [0.15, 0.2) is 23.3 Å². The Bertz CT molecular complexity index is 806. The molecule has 0 aromatic carbocycles. The maximum absolute atomic E-state index is 12.3. The summed E-state index contributed by atoms with van der Waals surface area (Å²) in [6.07, 6.45) is 18.9. The standard InChI is InChI=1S/C32H52O2/c1-8-22(4)30(33)34-25-16-18-31(6)24(20-25)12-13-26-28-15-14-27(23(5)11-9-10-21(2)3)32(28,7)19-17-29(26)31/h8,12,21,23,25-29H,9-11,13-20H2,1-7H3/b22-8+/t23-,25-,26+,27-,28+,29+,31-,32-/m0/s1. The molecule has 4 aliphatic rings. The molecule has 3 fully saturated rings. The van der Waals surface area contributed by atoms with Crippen LogP contribution in [-0.4, -0.2) is 12.1 Å². The van der Waals surface area contributed by atoms with E-state index in [0.29, 0.717) is 10.8 Å². The fourth-order valence-corrected chi connectivity index (χ4v) is 9.11. The lowest BCUT2D eigenvalue weighted by Gasteiger charge is -2.58. The van der Waals surface area contributed by atoms with E-state index in [1.807, 2.05) is 19.9 Å². The van der Waals surface area contributed by atoms with Crippen LogP contribution in [0.2, 0.25) is 0 Å². The summed E-state index contributed by atoms with van der Waals surface area (Å²) >= 11 is 0. The van der Waals surface area contributed by atoms with Crippen molar-refractivity contribution in [1.29, 1.82) is 0 Å². The summed E-state index contributed by atoms with van der Waals surface area (Å²) in [6, 6.07) is 0. The molecule has 3 saturated carbocycles. The smallest absolute Gasteiger partial charge is 0.333 e. The molecule has 0 bridgehead atoms. The molecule has 0 saturated heterocycles. The molecule has 4 rings (SSSR count). The van der Waals surface area contributed by atoms with E-state index in [-0.39, 0.29) is 12.1 Å².